The van der Waals surface area contributed by atoms with Crippen LogP contribution in [-0.2, 0) is 11.2 Å². The highest BCUT2D eigenvalue weighted by atomic mass is 16.5. The molecule has 0 spiro atoms. The smallest absolute Gasteiger partial charge is 0.163 e. The van der Waals surface area contributed by atoms with Crippen molar-refractivity contribution in [2.24, 2.45) is 5.92 Å². The summed E-state index contributed by atoms with van der Waals surface area (Å²) in [6.07, 6.45) is 1.91. The number of methoxy groups -OCH3 is 2. The Kier molecular flexibility index (Phi) is 4.65. The maximum atomic E-state index is 12.6. The number of benzene rings is 2. The molecule has 1 aliphatic rings. The van der Waals surface area contributed by atoms with Crippen LogP contribution in [0.4, 0.5) is 0 Å². The molecule has 0 aliphatic heterocycles. The fraction of sp³-hybridized carbons (Fsp3) is 0.300. The molecule has 2 atom stereocenters. The Morgan fingerprint density at radius 3 is 2.42 bits per heavy atom. The van der Waals surface area contributed by atoms with Gasteiger partial charge in [0, 0.05) is 23.8 Å². The van der Waals surface area contributed by atoms with Gasteiger partial charge in [0.2, 0.25) is 0 Å². The van der Waals surface area contributed by atoms with E-state index in [1.165, 1.54) is 0 Å². The van der Waals surface area contributed by atoms with E-state index in [0.717, 1.165) is 17.4 Å². The molecular weight excluding hydrogens is 304 g/mol. The largest absolute Gasteiger partial charge is 0.493 e. The maximum Gasteiger partial charge on any atom is 0.163 e. The van der Waals surface area contributed by atoms with Crippen LogP contribution in [0.2, 0.25) is 0 Å². The van der Waals surface area contributed by atoms with E-state index in [1.807, 2.05) is 42.5 Å². The second-order valence-corrected chi connectivity index (χ2v) is 6.01. The van der Waals surface area contributed by atoms with Gasteiger partial charge in [-0.3, -0.25) is 4.79 Å². The predicted molar refractivity (Wildman–Crippen MR) is 90.9 cm³/mol. The topological polar surface area (TPSA) is 52.6 Å². The summed E-state index contributed by atoms with van der Waals surface area (Å²) in [5.41, 5.74) is 2.74. The molecule has 0 bridgehead atoms. The van der Waals surface area contributed by atoms with E-state index in [-0.39, 0.29) is 17.6 Å². The first-order valence-corrected chi connectivity index (χ1v) is 7.96. The number of aldehydes is 1. The third kappa shape index (κ3) is 2.92. The fourth-order valence-electron chi connectivity index (χ4n) is 3.43. The van der Waals surface area contributed by atoms with Crippen molar-refractivity contribution in [2.45, 2.75) is 18.8 Å². The summed E-state index contributed by atoms with van der Waals surface area (Å²) in [6.45, 7) is 0. The minimum atomic E-state index is -0.190. The molecule has 0 saturated carbocycles. The lowest BCUT2D eigenvalue weighted by molar-refractivity contribution is -0.111. The Balaban J connectivity index is 1.93. The van der Waals surface area contributed by atoms with Crippen molar-refractivity contribution in [3.63, 3.8) is 0 Å². The van der Waals surface area contributed by atoms with Gasteiger partial charge >= 0.3 is 0 Å². The number of fused-ring (bicyclic) bond motifs is 1. The lowest BCUT2D eigenvalue weighted by atomic mass is 9.87. The van der Waals surface area contributed by atoms with E-state index in [9.17, 15) is 9.59 Å². The van der Waals surface area contributed by atoms with Gasteiger partial charge in [-0.15, -0.1) is 0 Å². The molecule has 4 nitrogen and oxygen atoms in total. The zero-order valence-corrected chi connectivity index (χ0v) is 13.8. The highest BCUT2D eigenvalue weighted by Crippen LogP contribution is 2.44. The third-order valence-corrected chi connectivity index (χ3v) is 4.69. The molecule has 0 aromatic heterocycles. The lowest BCUT2D eigenvalue weighted by Crippen LogP contribution is -2.14. The Morgan fingerprint density at radius 1 is 1.12 bits per heavy atom. The molecule has 4 heteroatoms. The monoisotopic (exact) mass is 324 g/mol. The summed E-state index contributed by atoms with van der Waals surface area (Å²) in [5, 5.41) is 0. The second-order valence-electron chi connectivity index (χ2n) is 6.01. The molecule has 0 radical (unpaired) electrons. The number of ether oxygens (including phenoxy) is 2. The van der Waals surface area contributed by atoms with Gasteiger partial charge in [0.05, 0.1) is 14.2 Å². The molecule has 24 heavy (non-hydrogen) atoms. The number of carbonyl (C=O) groups is 2. The van der Waals surface area contributed by atoms with Gasteiger partial charge < -0.3 is 14.3 Å². The average Bonchev–Trinajstić information content (AvgIpc) is 2.97. The van der Waals surface area contributed by atoms with Crippen LogP contribution in [0.15, 0.2) is 42.5 Å². The van der Waals surface area contributed by atoms with Crippen LogP contribution in [0, 0.1) is 5.92 Å². The van der Waals surface area contributed by atoms with E-state index in [2.05, 4.69) is 0 Å². The molecular formula is C20H20O4. The molecule has 2 aromatic carbocycles. The molecule has 3 rings (SSSR count). The van der Waals surface area contributed by atoms with Crippen LogP contribution in [0.1, 0.15) is 33.8 Å². The molecule has 0 N–H and O–H groups in total. The zero-order chi connectivity index (χ0) is 17.1. The average molecular weight is 324 g/mol. The molecule has 0 unspecified atom stereocenters. The van der Waals surface area contributed by atoms with Crippen LogP contribution in [0.25, 0.3) is 0 Å². The zero-order valence-electron chi connectivity index (χ0n) is 13.8. The van der Waals surface area contributed by atoms with Crippen molar-refractivity contribution in [3.8, 4) is 11.5 Å². The summed E-state index contributed by atoms with van der Waals surface area (Å²) < 4.78 is 10.7. The van der Waals surface area contributed by atoms with Crippen molar-refractivity contribution in [3.05, 3.63) is 59.2 Å². The standard InChI is InChI=1S/C20H20O4/c1-23-19-9-14-8-15(12-21)16(17(14)11-20(19)24-2)10-18(22)13-6-4-3-5-7-13/h3-7,9,11-12,15-16H,8,10H2,1-2H3/t15-,16-/m0/s1. The fourth-order valence-corrected chi connectivity index (χ4v) is 3.43. The van der Waals surface area contributed by atoms with Gasteiger partial charge in [0.15, 0.2) is 17.3 Å². The van der Waals surface area contributed by atoms with Gasteiger partial charge in [0.1, 0.15) is 6.29 Å². The minimum Gasteiger partial charge on any atom is -0.493 e. The van der Waals surface area contributed by atoms with Crippen molar-refractivity contribution >= 4 is 12.1 Å². The Hall–Kier alpha value is -2.62. The van der Waals surface area contributed by atoms with Gasteiger partial charge in [-0.2, -0.15) is 0 Å². The quantitative estimate of drug-likeness (QED) is 0.603. The Bertz CT molecular complexity index is 752. The van der Waals surface area contributed by atoms with Crippen LogP contribution in [0.3, 0.4) is 0 Å². The van der Waals surface area contributed by atoms with E-state index in [0.29, 0.717) is 29.9 Å². The molecule has 124 valence electrons. The summed E-state index contributed by atoms with van der Waals surface area (Å²) >= 11 is 0. The van der Waals surface area contributed by atoms with Crippen LogP contribution in [0.5, 0.6) is 11.5 Å². The van der Waals surface area contributed by atoms with Crippen LogP contribution >= 0.6 is 0 Å². The number of carbonyl (C=O) groups excluding carboxylic acids is 2. The first-order chi connectivity index (χ1) is 11.7. The molecule has 0 fully saturated rings. The summed E-state index contributed by atoms with van der Waals surface area (Å²) in [4.78, 5) is 24.1. The summed E-state index contributed by atoms with van der Waals surface area (Å²) in [6, 6.07) is 13.0. The normalized spacial score (nSPS) is 18.8. The van der Waals surface area contributed by atoms with Crippen molar-refractivity contribution in [1.29, 1.82) is 0 Å². The Morgan fingerprint density at radius 2 is 1.79 bits per heavy atom. The van der Waals surface area contributed by atoms with Crippen LogP contribution in [-0.4, -0.2) is 26.3 Å². The predicted octanol–water partition coefficient (Wildman–Crippen LogP) is 3.43. The second kappa shape index (κ2) is 6.87. The maximum absolute atomic E-state index is 12.6. The van der Waals surface area contributed by atoms with E-state index >= 15 is 0 Å². The highest BCUT2D eigenvalue weighted by molar-refractivity contribution is 5.96. The van der Waals surface area contributed by atoms with E-state index in [4.69, 9.17) is 9.47 Å². The van der Waals surface area contributed by atoms with Gasteiger partial charge in [0.25, 0.3) is 0 Å². The number of hydrogen-bond acceptors (Lipinski definition) is 4. The number of rotatable bonds is 6. The van der Waals surface area contributed by atoms with Gasteiger partial charge in [-0.05, 0) is 29.7 Å². The van der Waals surface area contributed by atoms with E-state index < -0.39 is 0 Å². The third-order valence-electron chi connectivity index (χ3n) is 4.69. The SMILES string of the molecule is COc1cc2c(cc1OC)[C@@H](CC(=O)c1ccccc1)[C@H](C=O)C2. The minimum absolute atomic E-state index is 0.0510. The van der Waals surface area contributed by atoms with Crippen molar-refractivity contribution < 1.29 is 19.1 Å². The molecule has 0 amide bonds. The van der Waals surface area contributed by atoms with Crippen LogP contribution < -0.4 is 9.47 Å². The first-order valence-electron chi connectivity index (χ1n) is 7.96. The summed E-state index contributed by atoms with van der Waals surface area (Å²) in [5.74, 6) is 1.01. The Labute approximate surface area is 141 Å². The molecule has 1 aliphatic carbocycles. The first kappa shape index (κ1) is 16.2. The number of Topliss-reactive ketones (excluding diaryl/α,β-unsaturated/α-hetero) is 1. The highest BCUT2D eigenvalue weighted by Gasteiger charge is 2.35. The van der Waals surface area contributed by atoms with Crippen molar-refractivity contribution in [1.82, 2.24) is 0 Å². The van der Waals surface area contributed by atoms with Gasteiger partial charge in [-0.1, -0.05) is 30.3 Å². The van der Waals surface area contributed by atoms with Gasteiger partial charge in [-0.25, -0.2) is 0 Å². The van der Waals surface area contributed by atoms with Crippen molar-refractivity contribution in [2.75, 3.05) is 14.2 Å². The van der Waals surface area contributed by atoms with E-state index in [1.54, 1.807) is 14.2 Å². The molecule has 0 saturated heterocycles. The number of hydrogen-bond donors (Lipinski definition) is 0. The molecule has 0 heterocycles. The summed E-state index contributed by atoms with van der Waals surface area (Å²) in [7, 11) is 3.17. The molecule has 2 aromatic rings. The lowest BCUT2D eigenvalue weighted by Gasteiger charge is -2.16. The number of ketones is 1.